The van der Waals surface area contributed by atoms with E-state index >= 15 is 0 Å². The van der Waals surface area contributed by atoms with Gasteiger partial charge in [-0.15, -0.1) is 0 Å². The first-order valence-corrected chi connectivity index (χ1v) is 10.5. The minimum Gasteiger partial charge on any atom is -0.467 e. The average molecular weight is 468 g/mol. The van der Waals surface area contributed by atoms with Crippen LogP contribution in [0.3, 0.4) is 0 Å². The summed E-state index contributed by atoms with van der Waals surface area (Å²) in [4.78, 5) is 37.3. The third-order valence-corrected chi connectivity index (χ3v) is 5.03. The molecule has 0 aliphatic carbocycles. The number of hydrogen-bond donors (Lipinski definition) is 4. The van der Waals surface area contributed by atoms with E-state index in [1.165, 1.54) is 11.7 Å². The molecule has 1 heterocycles. The van der Waals surface area contributed by atoms with Gasteiger partial charge in [0.2, 0.25) is 11.8 Å². The second-order valence-electron chi connectivity index (χ2n) is 7.80. The molecule has 174 valence electrons. The molecule has 32 heavy (non-hydrogen) atoms. The normalized spacial score (nSPS) is 13.8. The van der Waals surface area contributed by atoms with Crippen molar-refractivity contribution < 1.29 is 28.4 Å². The fourth-order valence-electron chi connectivity index (χ4n) is 3.17. The molecule has 0 aliphatic rings. The molecule has 0 saturated heterocycles. The van der Waals surface area contributed by atoms with Crippen molar-refractivity contribution in [2.24, 2.45) is 11.8 Å². The molecule has 1 aromatic carbocycles. The lowest BCUT2D eigenvalue weighted by Gasteiger charge is -2.25. The third kappa shape index (κ3) is 7.65. The van der Waals surface area contributed by atoms with E-state index < -0.39 is 35.9 Å². The minimum absolute atomic E-state index is 0.0437. The van der Waals surface area contributed by atoms with Crippen LogP contribution in [0.5, 0.6) is 0 Å². The number of nitrogens with one attached hydrogen (secondary N) is 3. The quantitative estimate of drug-likeness (QED) is 0.299. The van der Waals surface area contributed by atoms with Crippen molar-refractivity contribution in [3.63, 3.8) is 0 Å². The number of alkyl halides is 1. The Morgan fingerprint density at radius 1 is 1.09 bits per heavy atom. The Morgan fingerprint density at radius 2 is 1.78 bits per heavy atom. The summed E-state index contributed by atoms with van der Waals surface area (Å²) in [5.41, 5.74) is 1.95. The molecule has 10 heteroatoms. The number of carbonyl (C=O) groups excluding carboxylic acids is 3. The summed E-state index contributed by atoms with van der Waals surface area (Å²) >= 11 is 5.91. The van der Waals surface area contributed by atoms with Crippen molar-refractivity contribution in [1.29, 1.82) is 0 Å². The van der Waals surface area contributed by atoms with Gasteiger partial charge in [0.25, 0.3) is 5.91 Å². The molecular formula is C22H27ClFN3O5. The summed E-state index contributed by atoms with van der Waals surface area (Å²) in [5.74, 6) is -3.60. The zero-order chi connectivity index (χ0) is 23.7. The molecular weight excluding hydrogens is 441 g/mol. The van der Waals surface area contributed by atoms with Crippen molar-refractivity contribution in [1.82, 2.24) is 16.1 Å². The van der Waals surface area contributed by atoms with E-state index in [2.05, 4.69) is 10.6 Å². The molecule has 1 aromatic heterocycles. The van der Waals surface area contributed by atoms with Gasteiger partial charge >= 0.3 is 0 Å². The molecule has 0 radical (unpaired) electrons. The van der Waals surface area contributed by atoms with Gasteiger partial charge < -0.3 is 15.1 Å². The van der Waals surface area contributed by atoms with E-state index in [1.807, 2.05) is 0 Å². The van der Waals surface area contributed by atoms with Crippen molar-refractivity contribution in [3.05, 3.63) is 59.0 Å². The van der Waals surface area contributed by atoms with Gasteiger partial charge in [-0.1, -0.05) is 37.6 Å². The number of furan rings is 1. The minimum atomic E-state index is -2.27. The van der Waals surface area contributed by atoms with Crippen molar-refractivity contribution in [2.75, 3.05) is 0 Å². The Labute approximate surface area is 190 Å². The zero-order valence-electron chi connectivity index (χ0n) is 17.8. The molecule has 0 spiro atoms. The monoisotopic (exact) mass is 467 g/mol. The molecule has 8 nitrogen and oxygen atoms in total. The second kappa shape index (κ2) is 12.2. The molecule has 0 fully saturated rings. The predicted molar refractivity (Wildman–Crippen MR) is 115 cm³/mol. The average Bonchev–Trinajstić information content (AvgIpc) is 3.29. The van der Waals surface area contributed by atoms with Crippen molar-refractivity contribution in [2.45, 2.75) is 45.4 Å². The van der Waals surface area contributed by atoms with Gasteiger partial charge in [0, 0.05) is 11.4 Å². The van der Waals surface area contributed by atoms with Crippen LogP contribution in [0.1, 0.15) is 31.6 Å². The molecule has 4 N–H and O–H groups in total. The largest absolute Gasteiger partial charge is 0.467 e. The highest BCUT2D eigenvalue weighted by atomic mass is 35.5. The zero-order valence-corrected chi connectivity index (χ0v) is 18.6. The van der Waals surface area contributed by atoms with Crippen LogP contribution in [0.15, 0.2) is 47.1 Å². The molecule has 0 bridgehead atoms. The first-order chi connectivity index (χ1) is 15.2. The van der Waals surface area contributed by atoms with E-state index in [1.54, 1.807) is 50.2 Å². The van der Waals surface area contributed by atoms with E-state index in [0.29, 0.717) is 10.8 Å². The SMILES string of the molecule is CC(C)C[C@@H](C(=O)N[C@@H](Cc1ccc(Cl)cc1)C(=O)NCc1ccco1)[C@@H](F)C(=O)NO. The Bertz CT molecular complexity index is 889. The van der Waals surface area contributed by atoms with E-state index in [4.69, 9.17) is 21.2 Å². The van der Waals surface area contributed by atoms with Crippen LogP contribution < -0.4 is 16.1 Å². The summed E-state index contributed by atoms with van der Waals surface area (Å²) in [5, 5.41) is 14.5. The lowest BCUT2D eigenvalue weighted by atomic mass is 9.91. The van der Waals surface area contributed by atoms with Crippen LogP contribution in [0.2, 0.25) is 5.02 Å². The van der Waals surface area contributed by atoms with Gasteiger partial charge in [-0.25, -0.2) is 9.87 Å². The van der Waals surface area contributed by atoms with Crippen LogP contribution in [-0.4, -0.2) is 35.1 Å². The number of amides is 3. The highest BCUT2D eigenvalue weighted by molar-refractivity contribution is 6.30. The summed E-state index contributed by atoms with van der Waals surface area (Å²) in [6.45, 7) is 3.64. The predicted octanol–water partition coefficient (Wildman–Crippen LogP) is 2.78. The number of benzene rings is 1. The Kier molecular flexibility index (Phi) is 9.67. The summed E-state index contributed by atoms with van der Waals surface area (Å²) < 4.78 is 19.8. The van der Waals surface area contributed by atoms with Crippen molar-refractivity contribution in [3.8, 4) is 0 Å². The smallest absolute Gasteiger partial charge is 0.278 e. The maximum Gasteiger partial charge on any atom is 0.278 e. The summed E-state index contributed by atoms with van der Waals surface area (Å²) in [6, 6.07) is 9.06. The molecule has 3 amide bonds. The van der Waals surface area contributed by atoms with Gasteiger partial charge in [-0.3, -0.25) is 19.6 Å². The van der Waals surface area contributed by atoms with E-state index in [0.717, 1.165) is 5.56 Å². The topological polar surface area (TPSA) is 121 Å². The lowest BCUT2D eigenvalue weighted by molar-refractivity contribution is -0.142. The molecule has 2 rings (SSSR count). The van der Waals surface area contributed by atoms with Crippen LogP contribution >= 0.6 is 11.6 Å². The first kappa shape index (κ1) is 25.4. The van der Waals surface area contributed by atoms with Gasteiger partial charge in [-0.05, 0) is 42.2 Å². The maximum atomic E-state index is 14.6. The van der Waals surface area contributed by atoms with Gasteiger partial charge in [0.15, 0.2) is 6.17 Å². The molecule has 0 aliphatic heterocycles. The van der Waals surface area contributed by atoms with Crippen LogP contribution in [-0.2, 0) is 27.3 Å². The van der Waals surface area contributed by atoms with Gasteiger partial charge in [-0.2, -0.15) is 0 Å². The lowest BCUT2D eigenvalue weighted by Crippen LogP contribution is -2.52. The number of hydroxylamine groups is 1. The Hall–Kier alpha value is -2.91. The van der Waals surface area contributed by atoms with Crippen LogP contribution in [0.4, 0.5) is 4.39 Å². The Balaban J connectivity index is 2.19. The summed E-state index contributed by atoms with van der Waals surface area (Å²) in [6.07, 6.45) is -0.643. The number of carbonyl (C=O) groups is 3. The molecule has 2 aromatic rings. The number of rotatable bonds is 11. The Morgan fingerprint density at radius 3 is 2.34 bits per heavy atom. The number of halogens is 2. The van der Waals surface area contributed by atoms with E-state index in [-0.39, 0.29) is 25.3 Å². The highest BCUT2D eigenvalue weighted by Gasteiger charge is 2.36. The molecule has 0 unspecified atom stereocenters. The maximum absolute atomic E-state index is 14.6. The first-order valence-electron chi connectivity index (χ1n) is 10.1. The van der Waals surface area contributed by atoms with E-state index in [9.17, 15) is 18.8 Å². The third-order valence-electron chi connectivity index (χ3n) is 4.78. The highest BCUT2D eigenvalue weighted by Crippen LogP contribution is 2.20. The molecule has 3 atom stereocenters. The van der Waals surface area contributed by atoms with Crippen LogP contribution in [0, 0.1) is 11.8 Å². The standard InChI is InChI=1S/C22H27ClFN3O5/c1-13(2)10-17(19(24)22(30)27-31)20(28)26-18(11-14-5-7-15(23)8-6-14)21(29)25-12-16-4-3-9-32-16/h3-9,13,17-19,31H,10-12H2,1-2H3,(H,25,29)(H,26,28)(H,27,30)/t17-,18+,19-/m1/s1. The van der Waals surface area contributed by atoms with Crippen molar-refractivity contribution >= 4 is 29.3 Å². The molecule has 0 saturated carbocycles. The van der Waals surface area contributed by atoms with Crippen LogP contribution in [0.25, 0.3) is 0 Å². The van der Waals surface area contributed by atoms with Gasteiger partial charge in [0.1, 0.15) is 11.8 Å². The number of hydrogen-bond acceptors (Lipinski definition) is 5. The van der Waals surface area contributed by atoms with Gasteiger partial charge in [0.05, 0.1) is 18.7 Å². The fraction of sp³-hybridized carbons (Fsp3) is 0.409. The summed E-state index contributed by atoms with van der Waals surface area (Å²) in [7, 11) is 0. The second-order valence-corrected chi connectivity index (χ2v) is 8.24. The fourth-order valence-corrected chi connectivity index (χ4v) is 3.29.